The van der Waals surface area contributed by atoms with Crippen LogP contribution in [0, 0.1) is 31.4 Å². The van der Waals surface area contributed by atoms with E-state index in [4.69, 9.17) is 17.6 Å². The number of hydrogen-bond acceptors (Lipinski definition) is 3. The second kappa shape index (κ2) is 17.4. The van der Waals surface area contributed by atoms with Crippen molar-refractivity contribution in [2.24, 2.45) is 5.41 Å². The first-order valence-electron chi connectivity index (χ1n) is 22.9. The smallest absolute Gasteiger partial charge is 0.0774 e. The Morgan fingerprint density at radius 3 is 1.93 bits per heavy atom. The predicted octanol–water partition coefficient (Wildman–Crippen LogP) is 14.6. The maximum absolute atomic E-state index is 7.28. The second-order valence-corrected chi connectivity index (χ2v) is 17.2. The zero-order chi connectivity index (χ0) is 46.3. The molecule has 0 aliphatic rings. The summed E-state index contributed by atoms with van der Waals surface area (Å²) in [7, 11) is 0. The number of aryl methyl sites for hydroxylation is 2. The number of furan rings is 1. The van der Waals surface area contributed by atoms with Crippen LogP contribution in [0.5, 0.6) is 0 Å². The van der Waals surface area contributed by atoms with Gasteiger partial charge in [-0.3, -0.25) is 4.98 Å². The Labute approximate surface area is 377 Å². The molecule has 0 aliphatic heterocycles. The molecule has 4 nitrogen and oxygen atoms in total. The first kappa shape index (κ1) is 34.9. The van der Waals surface area contributed by atoms with Gasteiger partial charge in [-0.2, -0.15) is 0 Å². The summed E-state index contributed by atoms with van der Waals surface area (Å²) >= 11 is 0. The maximum atomic E-state index is 7.28. The number of rotatable bonds is 6. The van der Waals surface area contributed by atoms with Crippen molar-refractivity contribution in [1.82, 2.24) is 14.5 Å². The van der Waals surface area contributed by atoms with Gasteiger partial charge in [0, 0.05) is 57.5 Å². The van der Waals surface area contributed by atoms with Crippen LogP contribution in [0.15, 0.2) is 156 Å². The topological polar surface area (TPSA) is 43.9 Å². The molecule has 0 amide bonds. The molecule has 3 aromatic heterocycles. The molecule has 1 radical (unpaired) electrons. The molecule has 0 atom stereocenters. The van der Waals surface area contributed by atoms with Crippen LogP contribution in [-0.2, 0) is 31.9 Å². The van der Waals surface area contributed by atoms with E-state index in [1.54, 1.807) is 12.1 Å². The average Bonchev–Trinajstić information content (AvgIpc) is 3.86. The van der Waals surface area contributed by atoms with Crippen LogP contribution in [0.2, 0.25) is 0 Å². The van der Waals surface area contributed by atoms with Gasteiger partial charge in [0.05, 0.1) is 22.5 Å². The molecular weight excluding hydrogens is 911 g/mol. The standard InChI is InChI=1S/C42H39N2O.C13H12N.Ir/c1-41(2,3)26-28-21-22-38-34(23-28)35(27-45-38)40-43-36-19-13-14-20-37(36)44(40)39-32(29-15-9-7-10-16-29)24-31(42(4,5)6)25-33(39)30-17-11-8-12-18-30;1-10-3-6-12(7-4-10)13-8-5-11(2)9-14-13;/h7-25H,26H2,1-6H3;3-6,8-9H,1-2H3;/q2*-1;/i;1D3,2D3;. The number of nitrogens with zero attached hydrogens (tertiary/aromatic N) is 3. The Kier molecular flexibility index (Phi) is 10.1. The van der Waals surface area contributed by atoms with Gasteiger partial charge in [-0.15, -0.1) is 35.4 Å². The van der Waals surface area contributed by atoms with Crippen molar-refractivity contribution in [3.63, 3.8) is 0 Å². The molecule has 0 spiro atoms. The van der Waals surface area contributed by atoms with Crippen molar-refractivity contribution in [1.29, 1.82) is 0 Å². The summed E-state index contributed by atoms with van der Waals surface area (Å²) < 4.78 is 52.1. The largest absolute Gasteiger partial charge is 0.557 e. The van der Waals surface area contributed by atoms with E-state index in [2.05, 4.69) is 179 Å². The number of fused-ring (bicyclic) bond motifs is 2. The van der Waals surface area contributed by atoms with Crippen molar-refractivity contribution in [3.05, 3.63) is 186 Å². The molecule has 0 bridgehead atoms. The minimum atomic E-state index is -2.18. The maximum Gasteiger partial charge on any atom is 0.0774 e. The van der Waals surface area contributed by atoms with E-state index < -0.39 is 13.7 Å². The third kappa shape index (κ3) is 9.14. The minimum absolute atomic E-state index is 0. The second-order valence-electron chi connectivity index (χ2n) is 17.2. The summed E-state index contributed by atoms with van der Waals surface area (Å²) in [6.45, 7) is 9.33. The van der Waals surface area contributed by atoms with E-state index in [1.165, 1.54) is 35.5 Å². The summed E-state index contributed by atoms with van der Waals surface area (Å²) in [4.78, 5) is 9.37. The summed E-state index contributed by atoms with van der Waals surface area (Å²) in [6.07, 6.45) is 5.55. The molecule has 6 aromatic carbocycles. The number of imidazole rings is 1. The zero-order valence-electron chi connectivity index (χ0n) is 40.7. The first-order valence-corrected chi connectivity index (χ1v) is 19.9. The molecule has 3 heterocycles. The van der Waals surface area contributed by atoms with Crippen molar-refractivity contribution in [3.8, 4) is 50.6 Å². The van der Waals surface area contributed by atoms with E-state index in [9.17, 15) is 0 Å². The van der Waals surface area contributed by atoms with Crippen LogP contribution in [0.1, 0.15) is 72.0 Å². The minimum Gasteiger partial charge on any atom is -0.557 e. The van der Waals surface area contributed by atoms with Crippen LogP contribution in [0.25, 0.3) is 72.6 Å². The van der Waals surface area contributed by atoms with Crippen LogP contribution in [0.4, 0.5) is 0 Å². The van der Waals surface area contributed by atoms with Crippen molar-refractivity contribution >= 4 is 22.0 Å². The van der Waals surface area contributed by atoms with Gasteiger partial charge in [0.2, 0.25) is 0 Å². The summed E-state index contributed by atoms with van der Waals surface area (Å²) in [5.74, 6) is 0.820. The van der Waals surface area contributed by atoms with E-state index in [-0.39, 0.29) is 42.1 Å². The molecule has 0 unspecified atom stereocenters. The Morgan fingerprint density at radius 1 is 0.700 bits per heavy atom. The fourth-order valence-corrected chi connectivity index (χ4v) is 7.45. The van der Waals surface area contributed by atoms with E-state index in [0.29, 0.717) is 11.3 Å². The van der Waals surface area contributed by atoms with Gasteiger partial charge < -0.3 is 14.0 Å². The zero-order valence-corrected chi connectivity index (χ0v) is 37.1. The van der Waals surface area contributed by atoms with Crippen molar-refractivity contribution in [2.45, 2.75) is 67.1 Å². The Morgan fingerprint density at radius 2 is 1.35 bits per heavy atom. The number of hydrogen-bond donors (Lipinski definition) is 0. The number of aromatic nitrogens is 3. The van der Waals surface area contributed by atoms with Gasteiger partial charge in [-0.1, -0.05) is 168 Å². The SMILES string of the molecule is CC(C)(C)Cc1ccc2o[c-]c(-c3nc4ccccc4n3-c3c(-c4ccccc4)cc(C(C)(C)C)cc3-c3ccccc3)c2c1.[2H]C([2H])([2H])c1c[c-]c(-c2ccc(C([2H])([2H])[2H])cn2)cc1.[Ir]. The fraction of sp³-hybridized carbons (Fsp3) is 0.200. The van der Waals surface area contributed by atoms with Gasteiger partial charge in [-0.25, -0.2) is 0 Å². The third-order valence-corrected chi connectivity index (χ3v) is 10.3. The van der Waals surface area contributed by atoms with Crippen LogP contribution >= 0.6 is 0 Å². The third-order valence-electron chi connectivity index (χ3n) is 10.3. The summed E-state index contributed by atoms with van der Waals surface area (Å²) in [5, 5.41) is 1.03. The Balaban J connectivity index is 0.000000260. The molecule has 60 heavy (non-hydrogen) atoms. The van der Waals surface area contributed by atoms with Crippen LogP contribution < -0.4 is 0 Å². The van der Waals surface area contributed by atoms with Gasteiger partial charge in [0.25, 0.3) is 0 Å². The van der Waals surface area contributed by atoms with Crippen molar-refractivity contribution < 1.29 is 32.7 Å². The van der Waals surface area contributed by atoms with E-state index >= 15 is 0 Å². The van der Waals surface area contributed by atoms with Gasteiger partial charge in [0.15, 0.2) is 0 Å². The molecule has 9 rings (SSSR count). The van der Waals surface area contributed by atoms with Crippen LogP contribution in [-0.4, -0.2) is 14.5 Å². The number of benzene rings is 6. The fourth-order valence-electron chi connectivity index (χ4n) is 7.45. The molecule has 0 saturated carbocycles. The van der Waals surface area contributed by atoms with Crippen molar-refractivity contribution in [2.75, 3.05) is 0 Å². The average molecular weight is 968 g/mol. The first-order chi connectivity index (χ1) is 30.7. The van der Waals surface area contributed by atoms with E-state index in [1.807, 2.05) is 0 Å². The molecule has 5 heteroatoms. The molecule has 9 aromatic rings. The number of para-hydroxylation sites is 2. The van der Waals surface area contributed by atoms with E-state index in [0.717, 1.165) is 67.8 Å². The van der Waals surface area contributed by atoms with Gasteiger partial charge in [-0.05, 0) is 76.3 Å². The monoisotopic (exact) mass is 968 g/mol. The Hall–Kier alpha value is -5.87. The predicted molar refractivity (Wildman–Crippen MR) is 246 cm³/mol. The summed E-state index contributed by atoms with van der Waals surface area (Å²) in [5.41, 5.74) is 13.6. The summed E-state index contributed by atoms with van der Waals surface area (Å²) in [6, 6.07) is 51.5. The normalized spacial score (nSPS) is 13.5. The molecule has 0 fully saturated rings. The molecule has 0 aliphatic carbocycles. The number of pyridine rings is 1. The Bertz CT molecular complexity index is 2970. The van der Waals surface area contributed by atoms with Gasteiger partial charge in [0.1, 0.15) is 0 Å². The quantitative estimate of drug-likeness (QED) is 0.156. The van der Waals surface area contributed by atoms with Gasteiger partial charge >= 0.3 is 0 Å². The molecule has 303 valence electrons. The molecule has 0 saturated heterocycles. The molecular formula is C55H51IrN3O-2. The molecule has 0 N–H and O–H groups in total. The van der Waals surface area contributed by atoms with Crippen LogP contribution in [0.3, 0.4) is 0 Å².